The van der Waals surface area contributed by atoms with E-state index < -0.39 is 5.97 Å². The quantitative estimate of drug-likeness (QED) is 0.503. The SMILES string of the molecule is C[NH+]1CCCCC1C(=O)O. The van der Waals surface area contributed by atoms with Crippen LogP contribution >= 0.6 is 0 Å². The van der Waals surface area contributed by atoms with Crippen molar-refractivity contribution in [3.8, 4) is 0 Å². The molecule has 0 radical (unpaired) electrons. The van der Waals surface area contributed by atoms with Gasteiger partial charge in [-0.3, -0.25) is 0 Å². The number of piperidine rings is 1. The van der Waals surface area contributed by atoms with Gasteiger partial charge in [-0.15, -0.1) is 0 Å². The first-order valence-corrected chi connectivity index (χ1v) is 3.77. The van der Waals surface area contributed by atoms with E-state index in [1.807, 2.05) is 7.05 Å². The number of aliphatic carboxylic acids is 1. The van der Waals surface area contributed by atoms with E-state index >= 15 is 0 Å². The van der Waals surface area contributed by atoms with Gasteiger partial charge in [-0.05, 0) is 12.8 Å². The molecule has 2 N–H and O–H groups in total. The predicted octanol–water partition coefficient (Wildman–Crippen LogP) is -0.862. The number of carboxylic acids is 1. The molecule has 1 rings (SSSR count). The second-order valence-corrected chi connectivity index (χ2v) is 2.98. The summed E-state index contributed by atoms with van der Waals surface area (Å²) in [6.07, 6.45) is 3.10. The largest absolute Gasteiger partial charge is 0.477 e. The van der Waals surface area contributed by atoms with Crippen LogP contribution in [0.25, 0.3) is 0 Å². The second kappa shape index (κ2) is 3.01. The van der Waals surface area contributed by atoms with Gasteiger partial charge in [0, 0.05) is 6.42 Å². The molecule has 0 aromatic heterocycles. The van der Waals surface area contributed by atoms with Gasteiger partial charge in [0.1, 0.15) is 0 Å². The third kappa shape index (κ3) is 1.48. The maximum atomic E-state index is 10.5. The van der Waals surface area contributed by atoms with Gasteiger partial charge in [0.15, 0.2) is 6.04 Å². The van der Waals surface area contributed by atoms with Crippen molar-refractivity contribution in [3.63, 3.8) is 0 Å². The van der Waals surface area contributed by atoms with Crippen LogP contribution in [0.15, 0.2) is 0 Å². The Morgan fingerprint density at radius 1 is 1.60 bits per heavy atom. The fourth-order valence-electron chi connectivity index (χ4n) is 1.51. The molecule has 0 saturated carbocycles. The molecular formula is C7H14NO2+. The average Bonchev–Trinajstić information content (AvgIpc) is 1.88. The smallest absolute Gasteiger partial charge is 0.362 e. The van der Waals surface area contributed by atoms with Crippen LogP contribution in [0, 0.1) is 0 Å². The number of rotatable bonds is 1. The fourth-order valence-corrected chi connectivity index (χ4v) is 1.51. The molecule has 3 heteroatoms. The lowest BCUT2D eigenvalue weighted by atomic mass is 10.0. The van der Waals surface area contributed by atoms with E-state index in [2.05, 4.69) is 0 Å². The van der Waals surface area contributed by atoms with Crippen LogP contribution in [0.4, 0.5) is 0 Å². The molecule has 0 spiro atoms. The van der Waals surface area contributed by atoms with E-state index in [0.717, 1.165) is 24.3 Å². The summed E-state index contributed by atoms with van der Waals surface area (Å²) in [5, 5.41) is 8.69. The van der Waals surface area contributed by atoms with E-state index in [1.165, 1.54) is 6.42 Å². The Balaban J connectivity index is 2.47. The fraction of sp³-hybridized carbons (Fsp3) is 0.857. The van der Waals surface area contributed by atoms with Crippen molar-refractivity contribution in [1.29, 1.82) is 0 Å². The first kappa shape index (κ1) is 7.54. The van der Waals surface area contributed by atoms with Crippen molar-refractivity contribution in [2.45, 2.75) is 25.3 Å². The number of hydrogen-bond acceptors (Lipinski definition) is 1. The lowest BCUT2D eigenvalue weighted by molar-refractivity contribution is -0.902. The van der Waals surface area contributed by atoms with Gasteiger partial charge in [-0.2, -0.15) is 0 Å². The number of carbonyl (C=O) groups is 1. The first-order valence-electron chi connectivity index (χ1n) is 3.77. The standard InChI is InChI=1S/C7H13NO2/c1-8-5-3-2-4-6(8)7(9)10/h6H,2-5H2,1H3,(H,9,10)/p+1. The molecule has 0 aromatic carbocycles. The molecule has 58 valence electrons. The van der Waals surface area contributed by atoms with E-state index in [0.29, 0.717) is 0 Å². The van der Waals surface area contributed by atoms with Crippen molar-refractivity contribution >= 4 is 5.97 Å². The van der Waals surface area contributed by atoms with Crippen molar-refractivity contribution in [2.24, 2.45) is 0 Å². The Hall–Kier alpha value is -0.570. The number of nitrogens with one attached hydrogen (secondary N) is 1. The number of likely N-dealkylation sites (tertiary alicyclic amines) is 1. The number of carboxylic acid groups (broad SMARTS) is 1. The van der Waals surface area contributed by atoms with Gasteiger partial charge in [0.05, 0.1) is 13.6 Å². The van der Waals surface area contributed by atoms with Crippen LogP contribution in [0.3, 0.4) is 0 Å². The average molecular weight is 144 g/mol. The zero-order valence-electron chi connectivity index (χ0n) is 6.26. The number of hydrogen-bond donors (Lipinski definition) is 2. The van der Waals surface area contributed by atoms with Crippen LogP contribution in [0.2, 0.25) is 0 Å². The van der Waals surface area contributed by atoms with Gasteiger partial charge in [-0.1, -0.05) is 0 Å². The molecule has 1 aliphatic rings. The maximum Gasteiger partial charge on any atom is 0.362 e. The summed E-state index contributed by atoms with van der Waals surface area (Å²) in [6.45, 7) is 1.01. The monoisotopic (exact) mass is 144 g/mol. The summed E-state index contributed by atoms with van der Waals surface area (Å²) in [7, 11) is 1.96. The van der Waals surface area contributed by atoms with Crippen LogP contribution in [-0.4, -0.2) is 30.7 Å². The van der Waals surface area contributed by atoms with Crippen molar-refractivity contribution in [1.82, 2.24) is 0 Å². The van der Waals surface area contributed by atoms with E-state index in [-0.39, 0.29) is 6.04 Å². The summed E-state index contributed by atoms with van der Waals surface area (Å²) in [4.78, 5) is 11.7. The first-order chi connectivity index (χ1) is 4.72. The third-order valence-electron chi connectivity index (χ3n) is 2.21. The summed E-state index contributed by atoms with van der Waals surface area (Å²) in [5.41, 5.74) is 0. The Morgan fingerprint density at radius 2 is 2.30 bits per heavy atom. The number of quaternary nitrogens is 1. The molecule has 3 nitrogen and oxygen atoms in total. The minimum absolute atomic E-state index is 0.145. The summed E-state index contributed by atoms with van der Waals surface area (Å²) >= 11 is 0. The summed E-state index contributed by atoms with van der Waals surface area (Å²) in [6, 6.07) is -0.145. The molecule has 10 heavy (non-hydrogen) atoms. The lowest BCUT2D eigenvalue weighted by Gasteiger charge is -2.25. The molecule has 0 bridgehead atoms. The van der Waals surface area contributed by atoms with E-state index in [1.54, 1.807) is 0 Å². The molecule has 1 fully saturated rings. The molecular weight excluding hydrogens is 130 g/mol. The highest BCUT2D eigenvalue weighted by Gasteiger charge is 2.28. The van der Waals surface area contributed by atoms with Crippen LogP contribution in [-0.2, 0) is 4.79 Å². The highest BCUT2D eigenvalue weighted by Crippen LogP contribution is 2.01. The minimum Gasteiger partial charge on any atom is -0.477 e. The molecule has 1 aliphatic heterocycles. The molecule has 1 heterocycles. The van der Waals surface area contributed by atoms with Crippen LogP contribution in [0.5, 0.6) is 0 Å². The molecule has 0 aliphatic carbocycles. The van der Waals surface area contributed by atoms with E-state index in [4.69, 9.17) is 5.11 Å². The summed E-state index contributed by atoms with van der Waals surface area (Å²) in [5.74, 6) is -0.641. The third-order valence-corrected chi connectivity index (χ3v) is 2.21. The number of likely N-dealkylation sites (N-methyl/N-ethyl adjacent to an activating group) is 1. The Labute approximate surface area is 60.6 Å². The molecule has 0 amide bonds. The maximum absolute atomic E-state index is 10.5. The van der Waals surface area contributed by atoms with Gasteiger partial charge < -0.3 is 10.0 Å². The second-order valence-electron chi connectivity index (χ2n) is 2.98. The zero-order valence-corrected chi connectivity index (χ0v) is 6.26. The van der Waals surface area contributed by atoms with Gasteiger partial charge in [0.2, 0.25) is 0 Å². The van der Waals surface area contributed by atoms with Crippen molar-refractivity contribution in [3.05, 3.63) is 0 Å². The normalized spacial score (nSPS) is 33.7. The van der Waals surface area contributed by atoms with Crippen molar-refractivity contribution < 1.29 is 14.8 Å². The topological polar surface area (TPSA) is 41.7 Å². The Kier molecular flexibility index (Phi) is 2.27. The molecule has 2 unspecified atom stereocenters. The summed E-state index contributed by atoms with van der Waals surface area (Å²) < 4.78 is 0. The van der Waals surface area contributed by atoms with Crippen molar-refractivity contribution in [2.75, 3.05) is 13.6 Å². The highest BCUT2D eigenvalue weighted by atomic mass is 16.4. The lowest BCUT2D eigenvalue weighted by Crippen LogP contribution is -3.14. The molecule has 2 atom stereocenters. The molecule has 0 aromatic rings. The van der Waals surface area contributed by atoms with Gasteiger partial charge in [0.25, 0.3) is 0 Å². The van der Waals surface area contributed by atoms with E-state index in [9.17, 15) is 4.79 Å². The Bertz CT molecular complexity index is 136. The Morgan fingerprint density at radius 3 is 2.70 bits per heavy atom. The highest BCUT2D eigenvalue weighted by molar-refractivity contribution is 5.71. The van der Waals surface area contributed by atoms with Gasteiger partial charge in [-0.25, -0.2) is 4.79 Å². The predicted molar refractivity (Wildman–Crippen MR) is 37.0 cm³/mol. The molecule has 1 saturated heterocycles. The van der Waals surface area contributed by atoms with Crippen LogP contribution < -0.4 is 4.90 Å². The van der Waals surface area contributed by atoms with Gasteiger partial charge >= 0.3 is 5.97 Å². The zero-order chi connectivity index (χ0) is 7.56. The minimum atomic E-state index is -0.641. The van der Waals surface area contributed by atoms with Crippen LogP contribution in [0.1, 0.15) is 19.3 Å².